The summed E-state index contributed by atoms with van der Waals surface area (Å²) in [6.07, 6.45) is 0.952. The molecule has 1 fully saturated rings. The number of nitrogens with one attached hydrogen (secondary N) is 1. The van der Waals surface area contributed by atoms with Crippen LogP contribution in [0.1, 0.15) is 6.42 Å². The van der Waals surface area contributed by atoms with E-state index < -0.39 is 4.92 Å². The van der Waals surface area contributed by atoms with Gasteiger partial charge < -0.3 is 15.4 Å². The SMILES string of the molecule is NNc1cc(N2CCCN(CCO)CC2)cc([N+](=O)[O-])c1. The van der Waals surface area contributed by atoms with Gasteiger partial charge in [-0.25, -0.2) is 0 Å². The summed E-state index contributed by atoms with van der Waals surface area (Å²) >= 11 is 0. The number of nitrogens with zero attached hydrogens (tertiary/aromatic N) is 3. The van der Waals surface area contributed by atoms with E-state index in [2.05, 4.69) is 15.2 Å². The number of hydrogen-bond acceptors (Lipinski definition) is 7. The van der Waals surface area contributed by atoms with Crippen LogP contribution in [0.15, 0.2) is 18.2 Å². The molecular weight excluding hydrogens is 274 g/mol. The lowest BCUT2D eigenvalue weighted by atomic mass is 10.2. The third kappa shape index (κ3) is 4.03. The van der Waals surface area contributed by atoms with Crippen molar-refractivity contribution in [3.63, 3.8) is 0 Å². The molecule has 1 aromatic rings. The number of nitrogens with two attached hydrogens (primary N) is 1. The van der Waals surface area contributed by atoms with Crippen molar-refractivity contribution in [1.29, 1.82) is 0 Å². The Hall–Kier alpha value is -1.90. The van der Waals surface area contributed by atoms with Crippen LogP contribution in [0, 0.1) is 10.1 Å². The van der Waals surface area contributed by atoms with Crippen LogP contribution in [-0.2, 0) is 0 Å². The average molecular weight is 295 g/mol. The van der Waals surface area contributed by atoms with Gasteiger partial charge in [-0.3, -0.25) is 20.9 Å². The Morgan fingerprint density at radius 3 is 2.76 bits per heavy atom. The number of rotatable bonds is 5. The van der Waals surface area contributed by atoms with Gasteiger partial charge in [-0.2, -0.15) is 0 Å². The van der Waals surface area contributed by atoms with Crippen molar-refractivity contribution < 1.29 is 10.0 Å². The Morgan fingerprint density at radius 1 is 1.29 bits per heavy atom. The molecule has 21 heavy (non-hydrogen) atoms. The van der Waals surface area contributed by atoms with Gasteiger partial charge in [-0.1, -0.05) is 0 Å². The van der Waals surface area contributed by atoms with E-state index in [1.165, 1.54) is 6.07 Å². The lowest BCUT2D eigenvalue weighted by Crippen LogP contribution is -2.32. The minimum absolute atomic E-state index is 0.0249. The van der Waals surface area contributed by atoms with Crippen LogP contribution >= 0.6 is 0 Å². The Morgan fingerprint density at radius 2 is 2.10 bits per heavy atom. The maximum atomic E-state index is 11.0. The Labute approximate surface area is 123 Å². The molecule has 0 atom stereocenters. The van der Waals surface area contributed by atoms with Crippen molar-refractivity contribution in [2.75, 3.05) is 49.7 Å². The smallest absolute Gasteiger partial charge is 0.273 e. The minimum atomic E-state index is -0.416. The molecule has 1 aliphatic heterocycles. The average Bonchev–Trinajstić information content (AvgIpc) is 2.73. The van der Waals surface area contributed by atoms with Crippen molar-refractivity contribution in [3.05, 3.63) is 28.3 Å². The van der Waals surface area contributed by atoms with Crippen LogP contribution in [0.5, 0.6) is 0 Å². The summed E-state index contributed by atoms with van der Waals surface area (Å²) in [5.74, 6) is 5.38. The Balaban J connectivity index is 2.16. The van der Waals surface area contributed by atoms with Crippen molar-refractivity contribution in [2.45, 2.75) is 6.42 Å². The standard InChI is InChI=1S/C13H21N5O3/c14-15-11-8-12(10-13(9-11)18(20)21)17-3-1-2-16(4-5-17)6-7-19/h8-10,15,19H,1-7,14H2. The molecule has 1 aromatic carbocycles. The Kier molecular flexibility index (Phi) is 5.32. The molecule has 0 saturated carbocycles. The molecule has 0 spiro atoms. The third-order valence-electron chi connectivity index (χ3n) is 3.65. The summed E-state index contributed by atoms with van der Waals surface area (Å²) in [6.45, 7) is 4.16. The van der Waals surface area contributed by atoms with Crippen LogP contribution in [0.3, 0.4) is 0 Å². The van der Waals surface area contributed by atoms with Crippen LogP contribution in [0.2, 0.25) is 0 Å². The molecular formula is C13H21N5O3. The van der Waals surface area contributed by atoms with E-state index in [0.29, 0.717) is 12.2 Å². The highest BCUT2D eigenvalue weighted by molar-refractivity contribution is 5.64. The zero-order valence-corrected chi connectivity index (χ0v) is 11.9. The summed E-state index contributed by atoms with van der Waals surface area (Å²) in [5, 5.41) is 20.0. The summed E-state index contributed by atoms with van der Waals surface area (Å²) < 4.78 is 0. The van der Waals surface area contributed by atoms with Crippen LogP contribution in [0.4, 0.5) is 17.1 Å². The zero-order valence-electron chi connectivity index (χ0n) is 11.9. The fraction of sp³-hybridized carbons (Fsp3) is 0.538. The van der Waals surface area contributed by atoms with Gasteiger partial charge in [0, 0.05) is 44.0 Å². The van der Waals surface area contributed by atoms with Crippen LogP contribution in [-0.4, -0.2) is 54.3 Å². The molecule has 0 amide bonds. The van der Waals surface area contributed by atoms with Crippen molar-refractivity contribution in [2.24, 2.45) is 5.84 Å². The second-order valence-corrected chi connectivity index (χ2v) is 5.05. The molecule has 2 rings (SSSR count). The van der Waals surface area contributed by atoms with E-state index >= 15 is 0 Å². The second kappa shape index (κ2) is 7.21. The number of aliphatic hydroxyl groups excluding tert-OH is 1. The first kappa shape index (κ1) is 15.5. The number of nitro groups is 1. The maximum Gasteiger partial charge on any atom is 0.273 e. The van der Waals surface area contributed by atoms with Gasteiger partial charge in [0.1, 0.15) is 0 Å². The lowest BCUT2D eigenvalue weighted by Gasteiger charge is -2.23. The van der Waals surface area contributed by atoms with Gasteiger partial charge in [-0.05, 0) is 19.0 Å². The van der Waals surface area contributed by atoms with Crippen LogP contribution < -0.4 is 16.2 Å². The summed E-state index contributed by atoms with van der Waals surface area (Å²) in [7, 11) is 0. The monoisotopic (exact) mass is 295 g/mol. The highest BCUT2D eigenvalue weighted by Crippen LogP contribution is 2.27. The summed E-state index contributed by atoms with van der Waals surface area (Å²) in [6, 6.07) is 4.80. The molecule has 1 aliphatic rings. The van der Waals surface area contributed by atoms with Gasteiger partial charge >= 0.3 is 0 Å². The molecule has 0 unspecified atom stereocenters. The number of aliphatic hydroxyl groups is 1. The number of β-amino-alcohol motifs (C(OH)–C–C–N with tert-alkyl or cyclic N) is 1. The predicted octanol–water partition coefficient (Wildman–Crippen LogP) is 0.385. The van der Waals surface area contributed by atoms with E-state index in [-0.39, 0.29) is 12.3 Å². The third-order valence-corrected chi connectivity index (χ3v) is 3.65. The number of hydrogen-bond donors (Lipinski definition) is 3. The highest BCUT2D eigenvalue weighted by atomic mass is 16.6. The number of hydrazine groups is 1. The van der Waals surface area contributed by atoms with E-state index in [1.807, 2.05) is 6.07 Å². The highest BCUT2D eigenvalue weighted by Gasteiger charge is 2.18. The number of benzene rings is 1. The number of anilines is 2. The first-order valence-electron chi connectivity index (χ1n) is 6.98. The molecule has 1 saturated heterocycles. The molecule has 4 N–H and O–H groups in total. The maximum absolute atomic E-state index is 11.0. The van der Waals surface area contributed by atoms with Crippen LogP contribution in [0.25, 0.3) is 0 Å². The quantitative estimate of drug-likeness (QED) is 0.409. The largest absolute Gasteiger partial charge is 0.395 e. The molecule has 0 radical (unpaired) electrons. The van der Waals surface area contributed by atoms with Gasteiger partial charge in [0.2, 0.25) is 0 Å². The molecule has 0 bridgehead atoms. The zero-order chi connectivity index (χ0) is 15.2. The van der Waals surface area contributed by atoms with Crippen molar-refractivity contribution in [1.82, 2.24) is 4.90 Å². The van der Waals surface area contributed by atoms with Gasteiger partial charge in [0.05, 0.1) is 17.2 Å². The second-order valence-electron chi connectivity index (χ2n) is 5.05. The molecule has 1 heterocycles. The lowest BCUT2D eigenvalue weighted by molar-refractivity contribution is -0.384. The Bertz CT molecular complexity index is 497. The van der Waals surface area contributed by atoms with Crippen molar-refractivity contribution in [3.8, 4) is 0 Å². The first-order chi connectivity index (χ1) is 10.1. The minimum Gasteiger partial charge on any atom is -0.395 e. The topological polar surface area (TPSA) is 108 Å². The van der Waals surface area contributed by atoms with Gasteiger partial charge in [0.15, 0.2) is 0 Å². The number of nitrogen functional groups attached to an aromatic ring is 1. The van der Waals surface area contributed by atoms with E-state index in [0.717, 1.165) is 38.3 Å². The molecule has 8 heteroatoms. The fourth-order valence-corrected chi connectivity index (χ4v) is 2.56. The molecule has 0 aromatic heterocycles. The predicted molar refractivity (Wildman–Crippen MR) is 81.3 cm³/mol. The normalized spacial score (nSPS) is 16.6. The molecule has 116 valence electrons. The van der Waals surface area contributed by atoms with Gasteiger partial charge in [-0.15, -0.1) is 0 Å². The summed E-state index contributed by atoms with van der Waals surface area (Å²) in [5.41, 5.74) is 3.81. The van der Waals surface area contributed by atoms with E-state index in [9.17, 15) is 10.1 Å². The first-order valence-corrected chi connectivity index (χ1v) is 6.98. The van der Waals surface area contributed by atoms with Crippen molar-refractivity contribution >= 4 is 17.1 Å². The molecule has 0 aliphatic carbocycles. The van der Waals surface area contributed by atoms with E-state index in [1.54, 1.807) is 6.07 Å². The van der Waals surface area contributed by atoms with Gasteiger partial charge in [0.25, 0.3) is 5.69 Å². The number of nitro benzene ring substituents is 1. The van der Waals surface area contributed by atoms with E-state index in [4.69, 9.17) is 10.9 Å². The molecule has 8 nitrogen and oxygen atoms in total. The summed E-state index contributed by atoms with van der Waals surface area (Å²) in [4.78, 5) is 14.9. The number of non-ortho nitro benzene ring substituents is 1. The fourth-order valence-electron chi connectivity index (χ4n) is 2.56.